The van der Waals surface area contributed by atoms with Crippen LogP contribution in [0.4, 0.5) is 0 Å². The zero-order valence-corrected chi connectivity index (χ0v) is 12.4. The van der Waals surface area contributed by atoms with Gasteiger partial charge in [0.1, 0.15) is 0 Å². The first-order valence-electron chi connectivity index (χ1n) is 6.63. The smallest absolute Gasteiger partial charge is 0.320 e. The highest BCUT2D eigenvalue weighted by Crippen LogP contribution is 2.28. The highest BCUT2D eigenvalue weighted by atomic mass is 16.5. The monoisotopic (exact) mass is 296 g/mol. The highest BCUT2D eigenvalue weighted by molar-refractivity contribution is 5.95. The fourth-order valence-electron chi connectivity index (χ4n) is 1.80. The zero-order chi connectivity index (χ0) is 15.8. The van der Waals surface area contributed by atoms with Gasteiger partial charge in [-0.25, -0.2) is 0 Å². The van der Waals surface area contributed by atoms with Crippen molar-refractivity contribution >= 4 is 11.9 Å². The van der Waals surface area contributed by atoms with Crippen LogP contribution in [0.5, 0.6) is 11.5 Å². The predicted molar refractivity (Wildman–Crippen MR) is 75.1 cm³/mol. The minimum atomic E-state index is -1.04. The Morgan fingerprint density at radius 3 is 2.33 bits per heavy atom. The Kier molecular flexibility index (Phi) is 6.52. The average molecular weight is 296 g/mol. The lowest BCUT2D eigenvalue weighted by Crippen LogP contribution is -2.28. The van der Waals surface area contributed by atoms with Crippen LogP contribution in [0.2, 0.25) is 0 Å². The summed E-state index contributed by atoms with van der Waals surface area (Å²) in [6.45, 7) is 2.42. The molecule has 0 fully saturated rings. The van der Waals surface area contributed by atoms with Gasteiger partial charge in [-0.2, -0.15) is 0 Å². The van der Waals surface area contributed by atoms with Crippen molar-refractivity contribution in [2.75, 3.05) is 20.8 Å². The van der Waals surface area contributed by atoms with E-state index in [0.29, 0.717) is 17.9 Å². The molecule has 1 rings (SSSR count). The lowest BCUT2D eigenvalue weighted by atomic mass is 9.99. The number of esters is 2. The maximum absolute atomic E-state index is 11.6. The van der Waals surface area contributed by atoms with Gasteiger partial charge in [-0.3, -0.25) is 9.59 Å². The van der Waals surface area contributed by atoms with E-state index in [1.54, 1.807) is 12.1 Å². The first kappa shape index (κ1) is 16.8. The molecule has 0 aliphatic rings. The van der Waals surface area contributed by atoms with Crippen molar-refractivity contribution in [3.05, 3.63) is 23.8 Å². The third-order valence-electron chi connectivity index (χ3n) is 2.90. The fourth-order valence-corrected chi connectivity index (χ4v) is 1.80. The van der Waals surface area contributed by atoms with E-state index in [0.717, 1.165) is 6.42 Å². The fraction of sp³-hybridized carbons (Fsp3) is 0.467. The van der Waals surface area contributed by atoms with Gasteiger partial charge in [0.05, 0.1) is 20.8 Å². The van der Waals surface area contributed by atoms with Crippen LogP contribution in [0, 0.1) is 5.92 Å². The normalized spacial score (nSPS) is 10.3. The summed E-state index contributed by atoms with van der Waals surface area (Å²) < 4.78 is 14.6. The van der Waals surface area contributed by atoms with Crippen molar-refractivity contribution in [1.29, 1.82) is 0 Å². The highest BCUT2D eigenvalue weighted by Gasteiger charge is 2.29. The van der Waals surface area contributed by atoms with Gasteiger partial charge in [-0.05, 0) is 30.5 Å². The van der Waals surface area contributed by atoms with Crippen LogP contribution < -0.4 is 4.74 Å². The van der Waals surface area contributed by atoms with E-state index < -0.39 is 17.9 Å². The Bertz CT molecular complexity index is 481. The van der Waals surface area contributed by atoms with Crippen molar-refractivity contribution in [2.45, 2.75) is 19.8 Å². The Morgan fingerprint density at radius 1 is 1.19 bits per heavy atom. The molecule has 1 N–H and O–H groups in total. The van der Waals surface area contributed by atoms with E-state index in [9.17, 15) is 14.7 Å². The molecule has 0 aliphatic heterocycles. The second-order valence-electron chi connectivity index (χ2n) is 4.45. The van der Waals surface area contributed by atoms with Gasteiger partial charge in [0.25, 0.3) is 0 Å². The summed E-state index contributed by atoms with van der Waals surface area (Å²) in [6.07, 6.45) is 0.915. The van der Waals surface area contributed by atoms with Gasteiger partial charge >= 0.3 is 11.9 Å². The molecule has 116 valence electrons. The summed E-state index contributed by atoms with van der Waals surface area (Å²) in [6, 6.07) is 4.68. The number of benzene rings is 1. The molecule has 0 heterocycles. The number of hydrogen-bond acceptors (Lipinski definition) is 6. The molecule has 1 aromatic rings. The maximum atomic E-state index is 11.6. The summed E-state index contributed by atoms with van der Waals surface area (Å²) in [4.78, 5) is 23.3. The molecule has 0 radical (unpaired) electrons. The SMILES string of the molecule is CCCOc1cc(CC(C(=O)OC)C(=O)OC)ccc1O. The van der Waals surface area contributed by atoms with E-state index in [1.165, 1.54) is 20.3 Å². The van der Waals surface area contributed by atoms with Crippen molar-refractivity contribution in [3.8, 4) is 11.5 Å². The number of phenols is 1. The minimum absolute atomic E-state index is 0.0138. The molecule has 0 bridgehead atoms. The van der Waals surface area contributed by atoms with Crippen LogP contribution in [0.3, 0.4) is 0 Å². The van der Waals surface area contributed by atoms with E-state index >= 15 is 0 Å². The molecule has 21 heavy (non-hydrogen) atoms. The summed E-state index contributed by atoms with van der Waals surface area (Å²) in [5, 5.41) is 9.70. The number of carbonyl (C=O) groups is 2. The second-order valence-corrected chi connectivity index (χ2v) is 4.45. The van der Waals surface area contributed by atoms with Crippen LogP contribution in [-0.4, -0.2) is 37.9 Å². The molecule has 0 spiro atoms. The quantitative estimate of drug-likeness (QED) is 0.609. The van der Waals surface area contributed by atoms with Gasteiger partial charge < -0.3 is 19.3 Å². The first-order valence-corrected chi connectivity index (χ1v) is 6.63. The van der Waals surface area contributed by atoms with Gasteiger partial charge in [0.2, 0.25) is 0 Å². The van der Waals surface area contributed by atoms with Crippen molar-refractivity contribution in [2.24, 2.45) is 5.92 Å². The van der Waals surface area contributed by atoms with Gasteiger partial charge in [0.15, 0.2) is 17.4 Å². The maximum Gasteiger partial charge on any atom is 0.320 e. The Labute approximate surface area is 123 Å². The molecule has 6 heteroatoms. The number of rotatable bonds is 7. The average Bonchev–Trinajstić information content (AvgIpc) is 2.51. The van der Waals surface area contributed by atoms with E-state index in [1.807, 2.05) is 6.92 Å². The number of hydrogen-bond donors (Lipinski definition) is 1. The van der Waals surface area contributed by atoms with Gasteiger partial charge in [0, 0.05) is 0 Å². The van der Waals surface area contributed by atoms with E-state index in [2.05, 4.69) is 9.47 Å². The number of phenolic OH excluding ortho intramolecular Hbond substituents is 1. The number of methoxy groups -OCH3 is 2. The minimum Gasteiger partial charge on any atom is -0.504 e. The number of aromatic hydroxyl groups is 1. The first-order chi connectivity index (χ1) is 10.0. The number of carbonyl (C=O) groups excluding carboxylic acids is 2. The molecular weight excluding hydrogens is 276 g/mol. The lowest BCUT2D eigenvalue weighted by Gasteiger charge is -2.14. The largest absolute Gasteiger partial charge is 0.504 e. The van der Waals surface area contributed by atoms with Crippen LogP contribution in [0.25, 0.3) is 0 Å². The van der Waals surface area contributed by atoms with Crippen molar-refractivity contribution in [3.63, 3.8) is 0 Å². The third-order valence-corrected chi connectivity index (χ3v) is 2.90. The van der Waals surface area contributed by atoms with Gasteiger partial charge in [-0.1, -0.05) is 13.0 Å². The molecule has 0 saturated heterocycles. The van der Waals surface area contributed by atoms with E-state index in [-0.39, 0.29) is 12.2 Å². The number of ether oxygens (including phenoxy) is 3. The van der Waals surface area contributed by atoms with Crippen molar-refractivity contribution < 1.29 is 28.9 Å². The van der Waals surface area contributed by atoms with Gasteiger partial charge in [-0.15, -0.1) is 0 Å². The van der Waals surface area contributed by atoms with Crippen molar-refractivity contribution in [1.82, 2.24) is 0 Å². The molecule has 1 aromatic carbocycles. The Morgan fingerprint density at radius 2 is 1.81 bits per heavy atom. The summed E-state index contributed by atoms with van der Waals surface area (Å²) in [5.41, 5.74) is 0.666. The third kappa shape index (κ3) is 4.66. The molecule has 0 unspecified atom stereocenters. The molecule has 0 amide bonds. The second kappa shape index (κ2) is 8.14. The molecule has 0 aliphatic carbocycles. The zero-order valence-electron chi connectivity index (χ0n) is 12.4. The predicted octanol–water partition coefficient (Wildman–Crippen LogP) is 1.69. The molecule has 6 nitrogen and oxygen atoms in total. The van der Waals surface area contributed by atoms with Crippen LogP contribution >= 0.6 is 0 Å². The van der Waals surface area contributed by atoms with Crippen LogP contribution in [0.1, 0.15) is 18.9 Å². The summed E-state index contributed by atoms with van der Waals surface area (Å²) in [5.74, 6) is -2.02. The lowest BCUT2D eigenvalue weighted by molar-refractivity contribution is -0.158. The van der Waals surface area contributed by atoms with Crippen LogP contribution in [-0.2, 0) is 25.5 Å². The molecule has 0 aromatic heterocycles. The Balaban J connectivity index is 2.93. The standard InChI is InChI=1S/C15H20O6/c1-4-7-21-13-9-10(5-6-12(13)16)8-11(14(17)19-2)15(18)20-3/h5-6,9,11,16H,4,7-8H2,1-3H3. The Hall–Kier alpha value is -2.24. The summed E-state index contributed by atoms with van der Waals surface area (Å²) in [7, 11) is 2.43. The molecular formula is C15H20O6. The van der Waals surface area contributed by atoms with E-state index in [4.69, 9.17) is 4.74 Å². The molecule has 0 saturated carbocycles. The molecule has 0 atom stereocenters. The summed E-state index contributed by atoms with van der Waals surface area (Å²) >= 11 is 0. The topological polar surface area (TPSA) is 82.1 Å². The van der Waals surface area contributed by atoms with Crippen LogP contribution in [0.15, 0.2) is 18.2 Å².